The molecule has 0 aromatic carbocycles. The van der Waals surface area contributed by atoms with Crippen LogP contribution in [0.15, 0.2) is 12.1 Å². The van der Waals surface area contributed by atoms with E-state index < -0.39 is 10.0 Å². The summed E-state index contributed by atoms with van der Waals surface area (Å²) in [6, 6.07) is 3.35. The first kappa shape index (κ1) is 16.0. The maximum atomic E-state index is 11.7. The van der Waals surface area contributed by atoms with Crippen molar-refractivity contribution in [3.63, 3.8) is 0 Å². The molecule has 1 fully saturated rings. The number of aliphatic hydroxyl groups is 1. The van der Waals surface area contributed by atoms with Gasteiger partial charge in [0.05, 0.1) is 12.4 Å². The van der Waals surface area contributed by atoms with Crippen molar-refractivity contribution < 1.29 is 13.5 Å². The average molecular weight is 313 g/mol. The maximum absolute atomic E-state index is 11.7. The summed E-state index contributed by atoms with van der Waals surface area (Å²) in [5, 5.41) is 9.34. The predicted molar refractivity (Wildman–Crippen MR) is 83.8 cm³/mol. The zero-order chi connectivity index (χ0) is 15.6. The van der Waals surface area contributed by atoms with E-state index in [4.69, 9.17) is 0 Å². The van der Waals surface area contributed by atoms with E-state index >= 15 is 0 Å². The van der Waals surface area contributed by atoms with Crippen molar-refractivity contribution in [1.29, 1.82) is 0 Å². The highest BCUT2D eigenvalue weighted by Gasteiger charge is 2.33. The van der Waals surface area contributed by atoms with E-state index in [2.05, 4.69) is 16.6 Å². The lowest BCUT2D eigenvalue weighted by Crippen LogP contribution is -2.23. The van der Waals surface area contributed by atoms with Gasteiger partial charge in [-0.2, -0.15) is 0 Å². The molecule has 0 aliphatic heterocycles. The first-order chi connectivity index (χ1) is 9.84. The maximum Gasteiger partial charge on any atom is 0.233 e. The number of nitrogens with one attached hydrogen (secondary N) is 1. The van der Waals surface area contributed by atoms with Crippen LogP contribution in [0.1, 0.15) is 25.8 Å². The highest BCUT2D eigenvalue weighted by Crippen LogP contribution is 2.38. The molecule has 1 aromatic rings. The highest BCUT2D eigenvalue weighted by atomic mass is 32.2. The molecule has 0 saturated heterocycles. The number of aromatic nitrogens is 1. The Labute approximate surface area is 126 Å². The molecule has 0 spiro atoms. The molecule has 2 unspecified atom stereocenters. The van der Waals surface area contributed by atoms with Crippen LogP contribution in [0.25, 0.3) is 0 Å². The molecular formula is C14H23N3O3S. The molecule has 2 atom stereocenters. The van der Waals surface area contributed by atoms with Gasteiger partial charge < -0.3 is 10.0 Å². The van der Waals surface area contributed by atoms with Crippen molar-refractivity contribution in [2.45, 2.75) is 26.9 Å². The van der Waals surface area contributed by atoms with Crippen molar-refractivity contribution in [1.82, 2.24) is 4.98 Å². The molecule has 2 rings (SSSR count). The van der Waals surface area contributed by atoms with E-state index in [1.807, 2.05) is 11.9 Å². The van der Waals surface area contributed by atoms with E-state index in [9.17, 15) is 13.5 Å². The van der Waals surface area contributed by atoms with Crippen molar-refractivity contribution >= 4 is 21.7 Å². The quantitative estimate of drug-likeness (QED) is 0.795. The standard InChI is InChI=1S/C14H23N3O3S/c1-4-21(19,20)16-13-6-11(9-18)7-14(15-13)17(3)8-12-5-10(12)2/h6-7,10,12,18H,4-5,8-9H2,1-3H3,(H,15,16). The Morgan fingerprint density at radius 1 is 1.48 bits per heavy atom. The predicted octanol–water partition coefficient (Wildman–Crippen LogP) is 1.43. The van der Waals surface area contributed by atoms with Crippen LogP contribution in [0.4, 0.5) is 11.6 Å². The Hall–Kier alpha value is -1.34. The van der Waals surface area contributed by atoms with Crippen LogP contribution >= 0.6 is 0 Å². The zero-order valence-electron chi connectivity index (χ0n) is 12.7. The highest BCUT2D eigenvalue weighted by molar-refractivity contribution is 7.92. The fourth-order valence-corrected chi connectivity index (χ4v) is 2.81. The number of anilines is 2. The van der Waals surface area contributed by atoms with Gasteiger partial charge in [-0.25, -0.2) is 13.4 Å². The van der Waals surface area contributed by atoms with Crippen LogP contribution in [-0.2, 0) is 16.6 Å². The third-order valence-corrected chi connectivity index (χ3v) is 5.15. The van der Waals surface area contributed by atoms with Gasteiger partial charge in [0.2, 0.25) is 10.0 Å². The van der Waals surface area contributed by atoms with Crippen LogP contribution < -0.4 is 9.62 Å². The molecule has 1 aliphatic rings. The van der Waals surface area contributed by atoms with Crippen LogP contribution in [0.5, 0.6) is 0 Å². The number of sulfonamides is 1. The van der Waals surface area contributed by atoms with Gasteiger partial charge in [-0.05, 0) is 42.9 Å². The molecule has 0 amide bonds. The number of nitrogens with zero attached hydrogens (tertiary/aromatic N) is 2. The van der Waals surface area contributed by atoms with Gasteiger partial charge in [-0.1, -0.05) is 6.92 Å². The van der Waals surface area contributed by atoms with Gasteiger partial charge in [0.1, 0.15) is 11.6 Å². The molecule has 1 aliphatic carbocycles. The normalized spacial score (nSPS) is 21.1. The Morgan fingerprint density at radius 3 is 2.67 bits per heavy atom. The lowest BCUT2D eigenvalue weighted by atomic mass is 10.2. The average Bonchev–Trinajstić information content (AvgIpc) is 3.13. The van der Waals surface area contributed by atoms with E-state index in [0.29, 0.717) is 17.3 Å². The van der Waals surface area contributed by atoms with Gasteiger partial charge in [0.25, 0.3) is 0 Å². The molecule has 1 saturated carbocycles. The summed E-state index contributed by atoms with van der Waals surface area (Å²) in [5.41, 5.74) is 0.643. The number of hydrogen-bond acceptors (Lipinski definition) is 5. The summed E-state index contributed by atoms with van der Waals surface area (Å²) in [4.78, 5) is 6.36. The van der Waals surface area contributed by atoms with Crippen molar-refractivity contribution in [3.8, 4) is 0 Å². The molecule has 21 heavy (non-hydrogen) atoms. The molecule has 1 aromatic heterocycles. The molecule has 1 heterocycles. The monoisotopic (exact) mass is 313 g/mol. The van der Waals surface area contributed by atoms with E-state index in [1.165, 1.54) is 6.42 Å². The van der Waals surface area contributed by atoms with Crippen molar-refractivity contribution in [3.05, 3.63) is 17.7 Å². The van der Waals surface area contributed by atoms with Crippen molar-refractivity contribution in [2.75, 3.05) is 29.0 Å². The van der Waals surface area contributed by atoms with Gasteiger partial charge in [0.15, 0.2) is 0 Å². The SMILES string of the molecule is CCS(=O)(=O)Nc1cc(CO)cc(N(C)CC2CC2C)n1. The second-order valence-electron chi connectivity index (χ2n) is 5.74. The fourth-order valence-electron chi connectivity index (χ4n) is 2.24. The number of rotatable bonds is 7. The second-order valence-corrected chi connectivity index (χ2v) is 7.75. The smallest absolute Gasteiger partial charge is 0.233 e. The summed E-state index contributed by atoms with van der Waals surface area (Å²) in [6.45, 7) is 4.53. The third-order valence-electron chi connectivity index (χ3n) is 3.87. The van der Waals surface area contributed by atoms with E-state index in [0.717, 1.165) is 12.5 Å². The molecule has 0 radical (unpaired) electrons. The lowest BCUT2D eigenvalue weighted by molar-refractivity contribution is 0.282. The first-order valence-corrected chi connectivity index (χ1v) is 8.83. The minimum absolute atomic E-state index is 0.0111. The molecule has 118 valence electrons. The summed E-state index contributed by atoms with van der Waals surface area (Å²) in [5.74, 6) is 2.34. The summed E-state index contributed by atoms with van der Waals surface area (Å²) in [6.07, 6.45) is 1.22. The summed E-state index contributed by atoms with van der Waals surface area (Å²) in [7, 11) is -1.43. The third kappa shape index (κ3) is 4.31. The molecule has 0 bridgehead atoms. The number of aliphatic hydroxyl groups excluding tert-OH is 1. The van der Waals surface area contributed by atoms with Crippen LogP contribution in [0.2, 0.25) is 0 Å². The first-order valence-electron chi connectivity index (χ1n) is 7.18. The Morgan fingerprint density at radius 2 is 2.14 bits per heavy atom. The number of hydrogen-bond donors (Lipinski definition) is 2. The van der Waals surface area contributed by atoms with Crippen molar-refractivity contribution in [2.24, 2.45) is 11.8 Å². The largest absolute Gasteiger partial charge is 0.392 e. The van der Waals surface area contributed by atoms with Crippen LogP contribution in [0, 0.1) is 11.8 Å². The molecular weight excluding hydrogens is 290 g/mol. The van der Waals surface area contributed by atoms with E-state index in [1.54, 1.807) is 19.1 Å². The minimum atomic E-state index is -3.37. The van der Waals surface area contributed by atoms with Gasteiger partial charge >= 0.3 is 0 Å². The molecule has 2 N–H and O–H groups in total. The summed E-state index contributed by atoms with van der Waals surface area (Å²) >= 11 is 0. The van der Waals surface area contributed by atoms with Gasteiger partial charge in [-0.15, -0.1) is 0 Å². The fraction of sp³-hybridized carbons (Fsp3) is 0.643. The lowest BCUT2D eigenvalue weighted by Gasteiger charge is -2.20. The topological polar surface area (TPSA) is 82.5 Å². The van der Waals surface area contributed by atoms with Gasteiger partial charge in [-0.3, -0.25) is 4.72 Å². The van der Waals surface area contributed by atoms with Crippen LogP contribution in [0.3, 0.4) is 0 Å². The minimum Gasteiger partial charge on any atom is -0.392 e. The Bertz CT molecular complexity index is 603. The Kier molecular flexibility index (Phi) is 4.73. The van der Waals surface area contributed by atoms with E-state index in [-0.39, 0.29) is 18.2 Å². The van der Waals surface area contributed by atoms with Gasteiger partial charge in [0, 0.05) is 13.6 Å². The summed E-state index contributed by atoms with van der Waals surface area (Å²) < 4.78 is 25.7. The second kappa shape index (κ2) is 6.19. The zero-order valence-corrected chi connectivity index (χ0v) is 13.5. The molecule has 6 nitrogen and oxygen atoms in total. The van der Waals surface area contributed by atoms with Crippen LogP contribution in [-0.4, -0.2) is 37.9 Å². The molecule has 7 heteroatoms. The number of pyridine rings is 1. The Balaban J connectivity index is 2.20.